The molecule has 0 aliphatic rings. The van der Waals surface area contributed by atoms with E-state index in [9.17, 15) is 9.59 Å². The predicted octanol–water partition coefficient (Wildman–Crippen LogP) is 0.847. The Morgan fingerprint density at radius 1 is 1.60 bits per heavy atom. The number of aliphatic imine (C=N–C) groups is 1. The molecule has 0 heterocycles. The number of ether oxygens (including phenoxy) is 2. The fourth-order valence-electron chi connectivity index (χ4n) is 0.710. The molecule has 0 aromatic carbocycles. The van der Waals surface area contributed by atoms with Crippen molar-refractivity contribution in [1.29, 1.82) is 0 Å². The molecule has 0 amide bonds. The Hall–Kier alpha value is -1.45. The van der Waals surface area contributed by atoms with Gasteiger partial charge in [0.2, 0.25) is 6.08 Å². The van der Waals surface area contributed by atoms with Crippen LogP contribution in [0.3, 0.4) is 0 Å². The summed E-state index contributed by atoms with van der Waals surface area (Å²) in [5, 5.41) is 0. The SMILES string of the molecule is C=C(C)C(=O)OCC(C)OCCN=C=O. The molecule has 0 aliphatic carbocycles. The van der Waals surface area contributed by atoms with Crippen molar-refractivity contribution in [1.82, 2.24) is 0 Å². The Kier molecular flexibility index (Phi) is 7.14. The third kappa shape index (κ3) is 7.61. The Morgan fingerprint density at radius 2 is 2.27 bits per heavy atom. The van der Waals surface area contributed by atoms with Crippen LogP contribution in [0.5, 0.6) is 0 Å². The Bertz CT molecular complexity index is 269. The molecular weight excluding hydrogens is 198 g/mol. The summed E-state index contributed by atoms with van der Waals surface area (Å²) in [4.78, 5) is 24.0. The maximum atomic E-state index is 11.0. The van der Waals surface area contributed by atoms with Gasteiger partial charge in [0.15, 0.2) is 0 Å². The lowest BCUT2D eigenvalue weighted by molar-refractivity contribution is -0.142. The Balaban J connectivity index is 3.57. The van der Waals surface area contributed by atoms with Gasteiger partial charge in [0.05, 0.1) is 19.3 Å². The molecular formula is C10H15NO4. The number of carbonyl (C=O) groups is 1. The van der Waals surface area contributed by atoms with Gasteiger partial charge in [-0.25, -0.2) is 14.6 Å². The van der Waals surface area contributed by atoms with E-state index in [-0.39, 0.29) is 19.3 Å². The van der Waals surface area contributed by atoms with Crippen LogP contribution in [0, 0.1) is 0 Å². The second-order valence-corrected chi connectivity index (χ2v) is 3.03. The minimum atomic E-state index is -0.434. The average molecular weight is 213 g/mol. The fraction of sp³-hybridized carbons (Fsp3) is 0.600. The molecule has 0 aromatic heterocycles. The van der Waals surface area contributed by atoms with Crippen LogP contribution in [0.15, 0.2) is 17.1 Å². The highest BCUT2D eigenvalue weighted by molar-refractivity contribution is 5.86. The van der Waals surface area contributed by atoms with Crippen LogP contribution in [0.1, 0.15) is 13.8 Å². The molecule has 1 unspecified atom stereocenters. The standard InChI is InChI=1S/C10H15NO4/c1-8(2)10(13)15-6-9(3)14-5-4-11-7-12/h9H,1,4-6H2,2-3H3. The molecule has 0 radical (unpaired) electrons. The summed E-state index contributed by atoms with van der Waals surface area (Å²) in [6, 6.07) is 0. The number of hydrogen-bond acceptors (Lipinski definition) is 5. The van der Waals surface area contributed by atoms with Crippen molar-refractivity contribution < 1.29 is 19.1 Å². The highest BCUT2D eigenvalue weighted by atomic mass is 16.6. The molecule has 0 aliphatic heterocycles. The largest absolute Gasteiger partial charge is 0.460 e. The van der Waals surface area contributed by atoms with Crippen molar-refractivity contribution in [2.75, 3.05) is 19.8 Å². The van der Waals surface area contributed by atoms with Crippen LogP contribution in [0.4, 0.5) is 0 Å². The van der Waals surface area contributed by atoms with Crippen LogP contribution in [-0.2, 0) is 19.1 Å². The first-order chi connectivity index (χ1) is 7.07. The first kappa shape index (κ1) is 13.5. The number of rotatable bonds is 7. The van der Waals surface area contributed by atoms with Crippen molar-refractivity contribution in [3.63, 3.8) is 0 Å². The summed E-state index contributed by atoms with van der Waals surface area (Å²) < 4.78 is 10.0. The number of hydrogen-bond donors (Lipinski definition) is 0. The second kappa shape index (κ2) is 7.91. The number of carbonyl (C=O) groups excluding carboxylic acids is 2. The summed E-state index contributed by atoms with van der Waals surface area (Å²) in [6.45, 7) is 7.52. The molecule has 0 rings (SSSR count). The van der Waals surface area contributed by atoms with Gasteiger partial charge in [-0.2, -0.15) is 0 Å². The molecule has 1 atom stereocenters. The highest BCUT2D eigenvalue weighted by Crippen LogP contribution is 1.96. The van der Waals surface area contributed by atoms with E-state index in [1.54, 1.807) is 13.8 Å². The fourth-order valence-corrected chi connectivity index (χ4v) is 0.710. The minimum Gasteiger partial charge on any atom is -0.460 e. The molecule has 5 heteroatoms. The molecule has 0 bridgehead atoms. The van der Waals surface area contributed by atoms with Gasteiger partial charge in [-0.15, -0.1) is 0 Å². The molecule has 0 fully saturated rings. The summed E-state index contributed by atoms with van der Waals surface area (Å²) >= 11 is 0. The Morgan fingerprint density at radius 3 is 2.80 bits per heavy atom. The van der Waals surface area contributed by atoms with Gasteiger partial charge in [0, 0.05) is 5.57 Å². The lowest BCUT2D eigenvalue weighted by atomic mass is 10.3. The smallest absolute Gasteiger partial charge is 0.333 e. The van der Waals surface area contributed by atoms with E-state index in [4.69, 9.17) is 9.47 Å². The average Bonchev–Trinajstić information content (AvgIpc) is 2.20. The van der Waals surface area contributed by atoms with Crippen LogP contribution >= 0.6 is 0 Å². The van der Waals surface area contributed by atoms with Gasteiger partial charge >= 0.3 is 5.97 Å². The lowest BCUT2D eigenvalue weighted by Gasteiger charge is -2.12. The van der Waals surface area contributed by atoms with Crippen LogP contribution in [0.25, 0.3) is 0 Å². The topological polar surface area (TPSA) is 65.0 Å². The number of nitrogens with zero attached hydrogens (tertiary/aromatic N) is 1. The number of isocyanates is 1. The van der Waals surface area contributed by atoms with Crippen molar-refractivity contribution in [2.24, 2.45) is 4.99 Å². The van der Waals surface area contributed by atoms with Crippen molar-refractivity contribution in [3.05, 3.63) is 12.2 Å². The Labute approximate surface area is 88.8 Å². The molecule has 5 nitrogen and oxygen atoms in total. The molecule has 84 valence electrons. The van der Waals surface area contributed by atoms with E-state index in [1.165, 1.54) is 6.08 Å². The van der Waals surface area contributed by atoms with E-state index in [2.05, 4.69) is 11.6 Å². The molecule has 0 aromatic rings. The van der Waals surface area contributed by atoms with Gasteiger partial charge in [-0.05, 0) is 13.8 Å². The van der Waals surface area contributed by atoms with Gasteiger partial charge in [0.25, 0.3) is 0 Å². The summed E-state index contributed by atoms with van der Waals surface area (Å²) in [5.74, 6) is -0.434. The van der Waals surface area contributed by atoms with Gasteiger partial charge in [0.1, 0.15) is 6.61 Å². The van der Waals surface area contributed by atoms with Gasteiger partial charge in [-0.3, -0.25) is 0 Å². The van der Waals surface area contributed by atoms with E-state index < -0.39 is 5.97 Å². The quantitative estimate of drug-likeness (QED) is 0.207. The van der Waals surface area contributed by atoms with Crippen molar-refractivity contribution in [3.8, 4) is 0 Å². The van der Waals surface area contributed by atoms with E-state index in [0.29, 0.717) is 12.2 Å². The highest BCUT2D eigenvalue weighted by Gasteiger charge is 2.07. The van der Waals surface area contributed by atoms with E-state index in [0.717, 1.165) is 0 Å². The first-order valence-corrected chi connectivity index (χ1v) is 4.55. The van der Waals surface area contributed by atoms with Crippen molar-refractivity contribution >= 4 is 12.0 Å². The first-order valence-electron chi connectivity index (χ1n) is 4.55. The van der Waals surface area contributed by atoms with E-state index in [1.807, 2.05) is 0 Å². The predicted molar refractivity (Wildman–Crippen MR) is 54.2 cm³/mol. The van der Waals surface area contributed by atoms with Gasteiger partial charge < -0.3 is 9.47 Å². The monoisotopic (exact) mass is 213 g/mol. The molecule has 0 saturated heterocycles. The zero-order chi connectivity index (χ0) is 11.7. The third-order valence-corrected chi connectivity index (χ3v) is 1.47. The zero-order valence-electron chi connectivity index (χ0n) is 8.99. The van der Waals surface area contributed by atoms with Crippen LogP contribution in [0.2, 0.25) is 0 Å². The maximum Gasteiger partial charge on any atom is 0.333 e. The maximum absolute atomic E-state index is 11.0. The summed E-state index contributed by atoms with van der Waals surface area (Å²) in [5.41, 5.74) is 0.354. The van der Waals surface area contributed by atoms with Crippen LogP contribution < -0.4 is 0 Å². The molecule has 0 saturated carbocycles. The summed E-state index contributed by atoms with van der Waals surface area (Å²) in [7, 11) is 0. The molecule has 0 spiro atoms. The summed E-state index contributed by atoms with van der Waals surface area (Å²) in [6.07, 6.45) is 1.18. The lowest BCUT2D eigenvalue weighted by Crippen LogP contribution is -2.20. The normalized spacial score (nSPS) is 11.3. The second-order valence-electron chi connectivity index (χ2n) is 3.03. The zero-order valence-corrected chi connectivity index (χ0v) is 8.99. The number of esters is 1. The minimum absolute atomic E-state index is 0.163. The van der Waals surface area contributed by atoms with E-state index >= 15 is 0 Å². The van der Waals surface area contributed by atoms with Crippen LogP contribution in [-0.4, -0.2) is 37.9 Å². The molecule has 0 N–H and O–H groups in total. The molecule has 15 heavy (non-hydrogen) atoms. The van der Waals surface area contributed by atoms with Gasteiger partial charge in [-0.1, -0.05) is 6.58 Å². The third-order valence-electron chi connectivity index (χ3n) is 1.47. The van der Waals surface area contributed by atoms with Crippen molar-refractivity contribution in [2.45, 2.75) is 20.0 Å².